The van der Waals surface area contributed by atoms with Gasteiger partial charge in [0.1, 0.15) is 11.2 Å². The Balaban J connectivity index is 0.000000130. The number of nitrogens with zero attached hydrogens (tertiary/aromatic N) is 2. The predicted octanol–water partition coefficient (Wildman–Crippen LogP) is 22.3. The highest BCUT2D eigenvalue weighted by Crippen LogP contribution is 2.44. The molecule has 380 valence electrons. The van der Waals surface area contributed by atoms with Crippen LogP contribution >= 0.6 is 11.3 Å². The van der Waals surface area contributed by atoms with E-state index in [1.807, 2.05) is 41.9 Å². The molecule has 0 atom stereocenters. The molecule has 0 saturated carbocycles. The van der Waals surface area contributed by atoms with E-state index in [-0.39, 0.29) is 0 Å². The lowest BCUT2D eigenvalue weighted by molar-refractivity contribution is 0.670. The SMILES string of the molecule is c1cc(-c2ccc3c4ccccc4c4ccccc4c3c2)cc(-c2cccc3c2oc2cc4ncccc4cc23)c1.c1cc(-c2ccc3c4ccccc4c4ccccc4c3c2)cc(-c2cccc3c2sc2cc4ncccc4cc23)c1. The molecule has 82 heavy (non-hydrogen) atoms. The lowest BCUT2D eigenvalue weighted by atomic mass is 9.91. The second kappa shape index (κ2) is 18.5. The minimum absolute atomic E-state index is 0.864. The van der Waals surface area contributed by atoms with Crippen molar-refractivity contribution in [1.29, 1.82) is 0 Å². The first kappa shape index (κ1) is 46.4. The lowest BCUT2D eigenvalue weighted by Gasteiger charge is -2.12. The molecule has 0 aliphatic heterocycles. The second-order valence-corrected chi connectivity index (χ2v) is 22.6. The molecular weight excluding hydrogens is 1010 g/mol. The van der Waals surface area contributed by atoms with Crippen LogP contribution in [0.25, 0.3) is 173 Å². The zero-order valence-corrected chi connectivity index (χ0v) is 45.1. The van der Waals surface area contributed by atoms with Crippen LogP contribution in [0.2, 0.25) is 0 Å². The standard InChI is InChI=1S/C39H23NO.C39H23NS/c2*1-2-13-31-29(11-1)30-12-3-4-14-32(30)35-21-25(17-18-33(31)35)24-8-5-9-26(20-24)28-15-6-16-34-36-22-27-10-7-19-40-37(27)23-38(36)41-39(28)34/h2*1-23H. The molecule has 0 amide bonds. The maximum atomic E-state index is 6.50. The van der Waals surface area contributed by atoms with Crippen molar-refractivity contribution in [3.63, 3.8) is 0 Å². The lowest BCUT2D eigenvalue weighted by Crippen LogP contribution is -1.86. The summed E-state index contributed by atoms with van der Waals surface area (Å²) in [7, 11) is 0. The summed E-state index contributed by atoms with van der Waals surface area (Å²) in [6, 6.07) is 96.8. The Hall–Kier alpha value is -10.5. The van der Waals surface area contributed by atoms with E-state index >= 15 is 0 Å². The topological polar surface area (TPSA) is 38.9 Å². The van der Waals surface area contributed by atoms with Crippen molar-refractivity contribution in [3.05, 3.63) is 279 Å². The molecule has 0 radical (unpaired) electrons. The van der Waals surface area contributed by atoms with Crippen molar-refractivity contribution in [3.8, 4) is 44.5 Å². The summed E-state index contributed by atoms with van der Waals surface area (Å²) in [5.41, 5.74) is 13.4. The average Bonchev–Trinajstić information content (AvgIpc) is 3.90. The van der Waals surface area contributed by atoms with Crippen molar-refractivity contribution in [2.24, 2.45) is 0 Å². The zero-order chi connectivity index (χ0) is 53.8. The van der Waals surface area contributed by atoms with E-state index in [2.05, 4.69) is 259 Å². The van der Waals surface area contributed by atoms with Crippen molar-refractivity contribution in [2.75, 3.05) is 0 Å². The number of fused-ring (bicyclic) bond motifs is 20. The minimum atomic E-state index is 0.864. The summed E-state index contributed by atoms with van der Waals surface area (Å²) in [5.74, 6) is 0. The first-order valence-corrected chi connectivity index (χ1v) is 28.7. The molecule has 4 aromatic heterocycles. The highest BCUT2D eigenvalue weighted by Gasteiger charge is 2.17. The Kier molecular flexibility index (Phi) is 10.5. The van der Waals surface area contributed by atoms with E-state index in [1.54, 1.807) is 0 Å². The van der Waals surface area contributed by atoms with E-state index in [9.17, 15) is 0 Å². The molecular formula is C78H46N2OS. The highest BCUT2D eigenvalue weighted by atomic mass is 32.1. The number of hydrogen-bond acceptors (Lipinski definition) is 4. The summed E-state index contributed by atoms with van der Waals surface area (Å²) < 4.78 is 9.10. The van der Waals surface area contributed by atoms with Crippen LogP contribution < -0.4 is 0 Å². The van der Waals surface area contributed by atoms with Crippen molar-refractivity contribution >= 4 is 140 Å². The largest absolute Gasteiger partial charge is 0.455 e. The molecule has 0 aliphatic rings. The number of benzene rings is 14. The molecule has 18 rings (SSSR count). The summed E-state index contributed by atoms with van der Waals surface area (Å²) in [6.07, 6.45) is 3.70. The van der Waals surface area contributed by atoms with Gasteiger partial charge in [-0.1, -0.05) is 206 Å². The van der Waals surface area contributed by atoms with Crippen molar-refractivity contribution in [1.82, 2.24) is 9.97 Å². The van der Waals surface area contributed by atoms with Crippen LogP contribution in [0.1, 0.15) is 0 Å². The molecule has 3 nitrogen and oxygen atoms in total. The van der Waals surface area contributed by atoms with Gasteiger partial charge in [0, 0.05) is 65.7 Å². The third-order valence-corrected chi connectivity index (χ3v) is 18.1. The summed E-state index contributed by atoms with van der Waals surface area (Å²) >= 11 is 1.86. The predicted molar refractivity (Wildman–Crippen MR) is 350 cm³/mol. The number of aromatic nitrogens is 2. The number of pyridine rings is 2. The van der Waals surface area contributed by atoms with E-state index in [0.29, 0.717) is 0 Å². The number of furan rings is 1. The van der Waals surface area contributed by atoms with Crippen LogP contribution in [0.5, 0.6) is 0 Å². The Bertz CT molecular complexity index is 5250. The van der Waals surface area contributed by atoms with E-state index in [1.165, 1.54) is 124 Å². The molecule has 0 unspecified atom stereocenters. The van der Waals surface area contributed by atoms with E-state index in [4.69, 9.17) is 4.42 Å². The first-order valence-electron chi connectivity index (χ1n) is 27.9. The molecule has 4 heteroatoms. The van der Waals surface area contributed by atoms with Gasteiger partial charge in [0.25, 0.3) is 0 Å². The average molecular weight is 1060 g/mol. The van der Waals surface area contributed by atoms with Gasteiger partial charge in [-0.3, -0.25) is 9.97 Å². The third kappa shape index (κ3) is 7.43. The molecule has 0 bridgehead atoms. The third-order valence-electron chi connectivity index (χ3n) is 16.9. The number of hydrogen-bond donors (Lipinski definition) is 0. The number of para-hydroxylation sites is 1. The van der Waals surface area contributed by atoms with Gasteiger partial charge >= 0.3 is 0 Å². The quantitative estimate of drug-likeness (QED) is 0.165. The van der Waals surface area contributed by atoms with Gasteiger partial charge in [0.2, 0.25) is 0 Å². The molecule has 0 fully saturated rings. The normalized spacial score (nSPS) is 11.9. The highest BCUT2D eigenvalue weighted by molar-refractivity contribution is 7.26. The molecule has 14 aromatic carbocycles. The van der Waals surface area contributed by atoms with E-state index in [0.717, 1.165) is 49.5 Å². The van der Waals surface area contributed by atoms with Gasteiger partial charge in [-0.05, 0) is 158 Å². The van der Waals surface area contributed by atoms with Crippen LogP contribution in [0.4, 0.5) is 0 Å². The molecule has 0 N–H and O–H groups in total. The smallest absolute Gasteiger partial charge is 0.143 e. The summed E-state index contributed by atoms with van der Waals surface area (Å²) in [6.45, 7) is 0. The van der Waals surface area contributed by atoms with Gasteiger partial charge in [0.15, 0.2) is 0 Å². The maximum absolute atomic E-state index is 6.50. The first-order chi connectivity index (χ1) is 40.6. The Labute approximate surface area is 475 Å². The van der Waals surface area contributed by atoms with Crippen LogP contribution in [0, 0.1) is 0 Å². The summed E-state index contributed by atoms with van der Waals surface area (Å²) in [5, 5.41) is 22.7. The fourth-order valence-electron chi connectivity index (χ4n) is 13.1. The number of thiophene rings is 1. The van der Waals surface area contributed by atoms with Gasteiger partial charge < -0.3 is 4.42 Å². The van der Waals surface area contributed by atoms with Crippen molar-refractivity contribution < 1.29 is 4.42 Å². The van der Waals surface area contributed by atoms with Crippen LogP contribution in [-0.2, 0) is 0 Å². The minimum Gasteiger partial charge on any atom is -0.455 e. The Morgan fingerprint density at radius 1 is 0.256 bits per heavy atom. The van der Waals surface area contributed by atoms with E-state index < -0.39 is 0 Å². The van der Waals surface area contributed by atoms with Crippen LogP contribution in [0.3, 0.4) is 0 Å². The molecule has 18 aromatic rings. The fraction of sp³-hybridized carbons (Fsp3) is 0. The van der Waals surface area contributed by atoms with Gasteiger partial charge in [0.05, 0.1) is 11.0 Å². The molecule has 0 spiro atoms. The van der Waals surface area contributed by atoms with Crippen molar-refractivity contribution in [2.45, 2.75) is 0 Å². The second-order valence-electron chi connectivity index (χ2n) is 21.5. The molecule has 4 heterocycles. The maximum Gasteiger partial charge on any atom is 0.143 e. The van der Waals surface area contributed by atoms with Gasteiger partial charge in [-0.15, -0.1) is 11.3 Å². The monoisotopic (exact) mass is 1060 g/mol. The Morgan fingerprint density at radius 2 is 0.671 bits per heavy atom. The zero-order valence-electron chi connectivity index (χ0n) is 44.3. The molecule has 0 saturated heterocycles. The van der Waals surface area contributed by atoms with Gasteiger partial charge in [-0.2, -0.15) is 0 Å². The van der Waals surface area contributed by atoms with Gasteiger partial charge in [-0.25, -0.2) is 0 Å². The summed E-state index contributed by atoms with van der Waals surface area (Å²) in [4.78, 5) is 9.12. The van der Waals surface area contributed by atoms with Crippen LogP contribution in [-0.4, -0.2) is 9.97 Å². The molecule has 0 aliphatic carbocycles. The number of rotatable bonds is 4. The Morgan fingerprint density at radius 3 is 1.22 bits per heavy atom. The fourth-order valence-corrected chi connectivity index (χ4v) is 14.3. The van der Waals surface area contributed by atoms with Crippen LogP contribution in [0.15, 0.2) is 284 Å².